The fourth-order valence-corrected chi connectivity index (χ4v) is 8.33. The van der Waals surface area contributed by atoms with E-state index in [1.165, 1.54) is 154 Å². The molecule has 1 unspecified atom stereocenters. The summed E-state index contributed by atoms with van der Waals surface area (Å²) in [5.74, 6) is -0.595. The van der Waals surface area contributed by atoms with E-state index in [4.69, 9.17) is 9.47 Å². The first-order valence-corrected chi connectivity index (χ1v) is 29.9. The van der Waals surface area contributed by atoms with E-state index in [0.717, 1.165) is 96.3 Å². The average Bonchev–Trinajstić information content (AvgIpc) is 3.37. The van der Waals surface area contributed by atoms with Gasteiger partial charge in [-0.25, -0.2) is 0 Å². The van der Waals surface area contributed by atoms with Gasteiger partial charge >= 0.3 is 11.9 Å². The standard InChI is InChI=1S/C66H112O5/c1-3-5-7-9-11-13-15-17-19-21-23-24-25-26-27-28-29-30-31-32-33-34-35-36-37-38-39-40-41-42-43-45-47-49-51-53-55-57-59-61-66(69)71-64(62-67)63-70-65(68)60-58-56-54-52-50-48-46-44-22-20-18-16-14-12-10-8-6-4-2/h5,7,11,13-14,16-17,19-20,22-24,26-27,29-30,32-33,64,67H,3-4,6,8-10,12,15,18,21,25,28,31,34-63H2,1-2H3/b7-5-,13-11-,16-14-,19-17-,22-20-,24-23-,27-26-,30-29-,33-32-. The zero-order chi connectivity index (χ0) is 51.3. The number of carbonyl (C=O) groups is 2. The van der Waals surface area contributed by atoms with Crippen molar-refractivity contribution in [1.29, 1.82) is 0 Å². The summed E-state index contributed by atoms with van der Waals surface area (Å²) in [5, 5.41) is 9.65. The molecule has 5 nitrogen and oxygen atoms in total. The number of aliphatic hydroxyl groups is 1. The van der Waals surface area contributed by atoms with Crippen molar-refractivity contribution in [3.63, 3.8) is 0 Å². The third-order valence-corrected chi connectivity index (χ3v) is 12.8. The van der Waals surface area contributed by atoms with Gasteiger partial charge in [0.15, 0.2) is 6.10 Å². The third-order valence-electron chi connectivity index (χ3n) is 12.8. The van der Waals surface area contributed by atoms with Gasteiger partial charge in [0, 0.05) is 12.8 Å². The van der Waals surface area contributed by atoms with E-state index in [1.54, 1.807) is 0 Å². The molecule has 71 heavy (non-hydrogen) atoms. The monoisotopic (exact) mass is 985 g/mol. The van der Waals surface area contributed by atoms with Crippen LogP contribution in [0.3, 0.4) is 0 Å². The van der Waals surface area contributed by atoms with Crippen LogP contribution in [0, 0.1) is 0 Å². The topological polar surface area (TPSA) is 72.8 Å². The molecule has 1 atom stereocenters. The summed E-state index contributed by atoms with van der Waals surface area (Å²) in [7, 11) is 0. The Morgan fingerprint density at radius 1 is 0.338 bits per heavy atom. The summed E-state index contributed by atoms with van der Waals surface area (Å²) >= 11 is 0. The lowest BCUT2D eigenvalue weighted by Crippen LogP contribution is -2.28. The normalized spacial score (nSPS) is 13.0. The Balaban J connectivity index is 3.49. The van der Waals surface area contributed by atoms with E-state index in [1.807, 2.05) is 0 Å². The Hall–Kier alpha value is -3.44. The van der Waals surface area contributed by atoms with Crippen molar-refractivity contribution in [3.05, 3.63) is 109 Å². The number of esters is 2. The molecule has 0 aliphatic carbocycles. The Morgan fingerprint density at radius 2 is 0.606 bits per heavy atom. The molecule has 0 amide bonds. The Bertz CT molecular complexity index is 1390. The molecule has 0 spiro atoms. The molecule has 0 aromatic carbocycles. The van der Waals surface area contributed by atoms with Gasteiger partial charge in [-0.2, -0.15) is 0 Å². The van der Waals surface area contributed by atoms with Crippen molar-refractivity contribution in [1.82, 2.24) is 0 Å². The van der Waals surface area contributed by atoms with E-state index in [2.05, 4.69) is 123 Å². The maximum Gasteiger partial charge on any atom is 0.306 e. The lowest BCUT2D eigenvalue weighted by atomic mass is 10.0. The van der Waals surface area contributed by atoms with Gasteiger partial charge in [0.1, 0.15) is 6.61 Å². The largest absolute Gasteiger partial charge is 0.462 e. The molecule has 406 valence electrons. The lowest BCUT2D eigenvalue weighted by molar-refractivity contribution is -0.161. The predicted molar refractivity (Wildman–Crippen MR) is 311 cm³/mol. The van der Waals surface area contributed by atoms with Crippen LogP contribution < -0.4 is 0 Å². The summed E-state index contributed by atoms with van der Waals surface area (Å²) in [6.45, 7) is 4.02. The van der Waals surface area contributed by atoms with Crippen LogP contribution in [0.25, 0.3) is 0 Å². The molecule has 0 saturated heterocycles. The second kappa shape index (κ2) is 60.9. The molecule has 0 aliphatic heterocycles. The predicted octanol–water partition coefficient (Wildman–Crippen LogP) is 20.5. The summed E-state index contributed by atoms with van der Waals surface area (Å²) < 4.78 is 10.7. The Morgan fingerprint density at radius 3 is 0.915 bits per heavy atom. The van der Waals surface area contributed by atoms with Gasteiger partial charge in [-0.1, -0.05) is 271 Å². The molecule has 0 heterocycles. The van der Waals surface area contributed by atoms with Crippen molar-refractivity contribution in [2.24, 2.45) is 0 Å². The minimum Gasteiger partial charge on any atom is -0.462 e. The Kier molecular flexibility index (Phi) is 57.9. The average molecular weight is 986 g/mol. The first-order valence-electron chi connectivity index (χ1n) is 29.9. The van der Waals surface area contributed by atoms with Crippen LogP contribution in [-0.4, -0.2) is 36.4 Å². The van der Waals surface area contributed by atoms with Gasteiger partial charge in [-0.15, -0.1) is 0 Å². The van der Waals surface area contributed by atoms with Crippen molar-refractivity contribution >= 4 is 11.9 Å². The molecular weight excluding hydrogens is 873 g/mol. The van der Waals surface area contributed by atoms with Crippen LogP contribution >= 0.6 is 0 Å². The van der Waals surface area contributed by atoms with Gasteiger partial charge in [0.2, 0.25) is 0 Å². The highest BCUT2D eigenvalue weighted by Crippen LogP contribution is 2.16. The summed E-state index contributed by atoms with van der Waals surface area (Å²) in [5.41, 5.74) is 0. The van der Waals surface area contributed by atoms with Crippen molar-refractivity contribution in [2.75, 3.05) is 13.2 Å². The third kappa shape index (κ3) is 59.0. The number of hydrogen-bond donors (Lipinski definition) is 1. The quantitative estimate of drug-likeness (QED) is 0.0373. The number of ether oxygens (including phenoxy) is 2. The van der Waals surface area contributed by atoms with Crippen LogP contribution in [-0.2, 0) is 19.1 Å². The molecular formula is C66H112O5. The number of carbonyl (C=O) groups excluding carboxylic acids is 2. The molecule has 0 radical (unpaired) electrons. The van der Waals surface area contributed by atoms with Gasteiger partial charge in [-0.3, -0.25) is 9.59 Å². The maximum absolute atomic E-state index is 12.3. The van der Waals surface area contributed by atoms with Gasteiger partial charge in [0.25, 0.3) is 0 Å². The number of hydrogen-bond acceptors (Lipinski definition) is 5. The van der Waals surface area contributed by atoms with Crippen LogP contribution in [0.4, 0.5) is 0 Å². The molecule has 0 aromatic rings. The fourth-order valence-electron chi connectivity index (χ4n) is 8.33. The fraction of sp³-hybridized carbons (Fsp3) is 0.697. The molecule has 0 rings (SSSR count). The minimum atomic E-state index is -0.780. The van der Waals surface area contributed by atoms with Crippen LogP contribution in [0.5, 0.6) is 0 Å². The Labute approximate surface area is 440 Å². The van der Waals surface area contributed by atoms with Crippen molar-refractivity contribution in [3.8, 4) is 0 Å². The molecule has 5 heteroatoms. The molecule has 0 saturated carbocycles. The second-order valence-corrected chi connectivity index (χ2v) is 19.7. The van der Waals surface area contributed by atoms with Crippen LogP contribution in [0.2, 0.25) is 0 Å². The van der Waals surface area contributed by atoms with E-state index in [-0.39, 0.29) is 25.2 Å². The number of aliphatic hydroxyl groups excluding tert-OH is 1. The lowest BCUT2D eigenvalue weighted by Gasteiger charge is -2.15. The summed E-state index contributed by atoms with van der Waals surface area (Å²) in [6, 6.07) is 0. The van der Waals surface area contributed by atoms with E-state index >= 15 is 0 Å². The number of rotatable bonds is 54. The minimum absolute atomic E-state index is 0.0718. The number of unbranched alkanes of at least 4 members (excludes halogenated alkanes) is 28. The zero-order valence-electron chi connectivity index (χ0n) is 46.5. The highest BCUT2D eigenvalue weighted by Gasteiger charge is 2.16. The molecule has 0 bridgehead atoms. The SMILES string of the molecule is CC/C=C\C/C=C\C/C=C\C/C=C\C/C=C\C/C=C\C/C=C\CCCCCCCCCCCCCCCCCCCC(=O)OC(CO)COC(=O)CCCCCCCCC/C=C\C/C=C\CCCCCC. The van der Waals surface area contributed by atoms with Gasteiger partial charge < -0.3 is 14.6 Å². The van der Waals surface area contributed by atoms with E-state index in [0.29, 0.717) is 12.8 Å². The molecule has 0 fully saturated rings. The van der Waals surface area contributed by atoms with Crippen molar-refractivity contribution < 1.29 is 24.2 Å². The smallest absolute Gasteiger partial charge is 0.306 e. The molecule has 0 aromatic heterocycles. The second-order valence-electron chi connectivity index (χ2n) is 19.7. The van der Waals surface area contributed by atoms with Crippen LogP contribution in [0.15, 0.2) is 109 Å². The maximum atomic E-state index is 12.3. The van der Waals surface area contributed by atoms with E-state index in [9.17, 15) is 14.7 Å². The van der Waals surface area contributed by atoms with Gasteiger partial charge in [-0.05, 0) is 103 Å². The van der Waals surface area contributed by atoms with E-state index < -0.39 is 6.10 Å². The first-order chi connectivity index (χ1) is 35.1. The molecule has 1 N–H and O–H groups in total. The van der Waals surface area contributed by atoms with Crippen LogP contribution in [0.1, 0.15) is 277 Å². The number of allylic oxidation sites excluding steroid dienone is 18. The highest BCUT2D eigenvalue weighted by molar-refractivity contribution is 5.70. The highest BCUT2D eigenvalue weighted by atomic mass is 16.6. The summed E-state index contributed by atoms with van der Waals surface area (Å²) in [4.78, 5) is 24.5. The summed E-state index contributed by atoms with van der Waals surface area (Å²) in [6.07, 6.45) is 87.9. The first kappa shape index (κ1) is 67.6. The van der Waals surface area contributed by atoms with Crippen molar-refractivity contribution in [2.45, 2.75) is 283 Å². The zero-order valence-corrected chi connectivity index (χ0v) is 46.5. The van der Waals surface area contributed by atoms with Gasteiger partial charge in [0.05, 0.1) is 6.61 Å². The molecule has 0 aliphatic rings.